The van der Waals surface area contributed by atoms with Gasteiger partial charge in [0.2, 0.25) is 0 Å². The third kappa shape index (κ3) is 4.13. The van der Waals surface area contributed by atoms with Gasteiger partial charge >= 0.3 is 6.03 Å². The van der Waals surface area contributed by atoms with Gasteiger partial charge < -0.3 is 5.32 Å². The Bertz CT molecular complexity index is 662. The van der Waals surface area contributed by atoms with E-state index in [0.717, 1.165) is 17.0 Å². The number of nitrogens with zero attached hydrogens (tertiary/aromatic N) is 3. The molecule has 0 unspecified atom stereocenters. The van der Waals surface area contributed by atoms with E-state index in [-0.39, 0.29) is 12.0 Å². The lowest BCUT2D eigenvalue weighted by atomic mass is 10.1. The predicted octanol–water partition coefficient (Wildman–Crippen LogP) is 3.02. The Morgan fingerprint density at radius 1 is 1.24 bits per heavy atom. The molecule has 1 heterocycles. The fourth-order valence-corrected chi connectivity index (χ4v) is 1.90. The summed E-state index contributed by atoms with van der Waals surface area (Å²) in [6, 6.07) is 6.73. The molecule has 6 nitrogen and oxygen atoms in total. The van der Waals surface area contributed by atoms with Crippen LogP contribution in [0.1, 0.15) is 29.9 Å². The Morgan fingerprint density at radius 3 is 2.67 bits per heavy atom. The van der Waals surface area contributed by atoms with E-state index in [0.29, 0.717) is 5.02 Å². The summed E-state index contributed by atoms with van der Waals surface area (Å²) in [6.45, 7) is 5.48. The van der Waals surface area contributed by atoms with Crippen molar-refractivity contribution in [2.45, 2.75) is 26.8 Å². The molecular weight excluding hydrogens is 290 g/mol. The number of carbonyl (C=O) groups excluding carboxylic acids is 1. The van der Waals surface area contributed by atoms with Gasteiger partial charge in [0.25, 0.3) is 5.95 Å². The quantitative estimate of drug-likeness (QED) is 0.913. The zero-order valence-corrected chi connectivity index (χ0v) is 12.8. The van der Waals surface area contributed by atoms with Gasteiger partial charge in [-0.25, -0.2) is 9.78 Å². The minimum absolute atomic E-state index is 0.175. The first-order valence-electron chi connectivity index (χ1n) is 6.46. The lowest BCUT2D eigenvalue weighted by Gasteiger charge is -2.14. The topological polar surface area (TPSA) is 79.8 Å². The Labute approximate surface area is 128 Å². The van der Waals surface area contributed by atoms with E-state index in [4.69, 9.17) is 11.6 Å². The Kier molecular flexibility index (Phi) is 4.70. The van der Waals surface area contributed by atoms with E-state index in [1.165, 1.54) is 0 Å². The second-order valence-corrected chi connectivity index (χ2v) is 5.12. The second-order valence-electron chi connectivity index (χ2n) is 4.68. The zero-order valence-electron chi connectivity index (χ0n) is 12.0. The third-order valence-corrected chi connectivity index (χ3v) is 3.25. The lowest BCUT2D eigenvalue weighted by molar-refractivity contribution is 0.249. The van der Waals surface area contributed by atoms with Gasteiger partial charge in [-0.1, -0.05) is 23.7 Å². The minimum Gasteiger partial charge on any atom is -0.331 e. The molecule has 2 N–H and O–H groups in total. The number of hydrogen-bond donors (Lipinski definition) is 2. The van der Waals surface area contributed by atoms with Crippen molar-refractivity contribution in [1.82, 2.24) is 20.5 Å². The van der Waals surface area contributed by atoms with Crippen molar-refractivity contribution in [3.8, 4) is 0 Å². The summed E-state index contributed by atoms with van der Waals surface area (Å²) in [4.78, 5) is 16.1. The first-order chi connectivity index (χ1) is 9.95. The summed E-state index contributed by atoms with van der Waals surface area (Å²) in [6.07, 6.45) is 0. The molecule has 0 saturated carbocycles. The number of nitrogens with one attached hydrogen (secondary N) is 2. The number of rotatable bonds is 3. The Hall–Kier alpha value is -2.21. The number of hydrogen-bond acceptors (Lipinski definition) is 4. The molecule has 21 heavy (non-hydrogen) atoms. The van der Waals surface area contributed by atoms with E-state index < -0.39 is 6.03 Å². The van der Waals surface area contributed by atoms with Gasteiger partial charge in [0.05, 0.1) is 17.4 Å². The summed E-state index contributed by atoms with van der Waals surface area (Å²) < 4.78 is 0. The molecule has 0 bridgehead atoms. The summed E-state index contributed by atoms with van der Waals surface area (Å²) in [7, 11) is 0. The van der Waals surface area contributed by atoms with Crippen molar-refractivity contribution >= 4 is 23.6 Å². The summed E-state index contributed by atoms with van der Waals surface area (Å²) in [5, 5.41) is 13.7. The van der Waals surface area contributed by atoms with Crippen LogP contribution in [0.4, 0.5) is 10.7 Å². The number of aromatic nitrogens is 3. The molecule has 1 atom stereocenters. The van der Waals surface area contributed by atoms with Gasteiger partial charge in [0.15, 0.2) is 0 Å². The van der Waals surface area contributed by atoms with Crippen LogP contribution in [0.25, 0.3) is 0 Å². The Morgan fingerprint density at radius 2 is 2.00 bits per heavy atom. The average molecular weight is 306 g/mol. The van der Waals surface area contributed by atoms with Crippen LogP contribution in [-0.2, 0) is 0 Å². The largest absolute Gasteiger partial charge is 0.331 e. The average Bonchev–Trinajstić information content (AvgIpc) is 2.43. The van der Waals surface area contributed by atoms with Crippen LogP contribution in [0.5, 0.6) is 0 Å². The molecule has 1 aromatic heterocycles. The molecule has 0 saturated heterocycles. The second kappa shape index (κ2) is 6.49. The minimum atomic E-state index is -0.396. The maximum Gasteiger partial charge on any atom is 0.322 e. The highest BCUT2D eigenvalue weighted by molar-refractivity contribution is 6.30. The Balaban J connectivity index is 1.99. The predicted molar refractivity (Wildman–Crippen MR) is 81.3 cm³/mol. The van der Waals surface area contributed by atoms with Crippen molar-refractivity contribution in [1.29, 1.82) is 0 Å². The highest BCUT2D eigenvalue weighted by atomic mass is 35.5. The maximum absolute atomic E-state index is 11.9. The van der Waals surface area contributed by atoms with Gasteiger partial charge in [-0.2, -0.15) is 5.10 Å². The van der Waals surface area contributed by atoms with Gasteiger partial charge in [0.1, 0.15) is 0 Å². The van der Waals surface area contributed by atoms with E-state index >= 15 is 0 Å². The van der Waals surface area contributed by atoms with E-state index in [1.54, 1.807) is 19.1 Å². The van der Waals surface area contributed by atoms with Crippen molar-refractivity contribution < 1.29 is 4.79 Å². The lowest BCUT2D eigenvalue weighted by Crippen LogP contribution is -2.32. The number of amides is 2. The number of benzene rings is 1. The molecule has 1 aromatic carbocycles. The number of carbonyl (C=O) groups is 1. The number of urea groups is 1. The van der Waals surface area contributed by atoms with Crippen LogP contribution in [0.2, 0.25) is 5.02 Å². The molecule has 7 heteroatoms. The summed E-state index contributed by atoms with van der Waals surface area (Å²) in [5.41, 5.74) is 2.37. The monoisotopic (exact) mass is 305 g/mol. The highest BCUT2D eigenvalue weighted by Gasteiger charge is 2.11. The first kappa shape index (κ1) is 15.2. The maximum atomic E-state index is 11.9. The molecule has 0 aliphatic heterocycles. The third-order valence-electron chi connectivity index (χ3n) is 3.01. The van der Waals surface area contributed by atoms with Gasteiger partial charge in [-0.3, -0.25) is 5.32 Å². The normalized spacial score (nSPS) is 11.8. The van der Waals surface area contributed by atoms with Crippen LogP contribution in [0.3, 0.4) is 0 Å². The van der Waals surface area contributed by atoms with E-state index in [1.807, 2.05) is 26.0 Å². The van der Waals surface area contributed by atoms with Crippen molar-refractivity contribution in [3.63, 3.8) is 0 Å². The number of anilines is 1. The number of halogens is 1. The van der Waals surface area contributed by atoms with Crippen molar-refractivity contribution in [2.24, 2.45) is 0 Å². The van der Waals surface area contributed by atoms with Gasteiger partial charge in [-0.05, 0) is 38.5 Å². The molecule has 2 aromatic rings. The molecule has 2 amide bonds. The van der Waals surface area contributed by atoms with Crippen LogP contribution in [0.15, 0.2) is 24.3 Å². The van der Waals surface area contributed by atoms with Gasteiger partial charge in [-0.15, -0.1) is 5.10 Å². The van der Waals surface area contributed by atoms with Crippen LogP contribution in [-0.4, -0.2) is 21.2 Å². The van der Waals surface area contributed by atoms with Gasteiger partial charge in [0, 0.05) is 5.02 Å². The molecule has 110 valence electrons. The fraction of sp³-hybridized carbons (Fsp3) is 0.286. The molecule has 2 rings (SSSR count). The highest BCUT2D eigenvalue weighted by Crippen LogP contribution is 2.17. The molecule has 0 radical (unpaired) electrons. The molecular formula is C14H16ClN5O. The fourth-order valence-electron chi connectivity index (χ4n) is 1.70. The summed E-state index contributed by atoms with van der Waals surface area (Å²) >= 11 is 5.93. The molecule has 0 spiro atoms. The van der Waals surface area contributed by atoms with Crippen LogP contribution in [0, 0.1) is 13.8 Å². The molecule has 0 aliphatic carbocycles. The number of aryl methyl sites for hydroxylation is 2. The summed E-state index contributed by atoms with van der Waals surface area (Å²) in [5.74, 6) is 0.175. The molecule has 0 fully saturated rings. The molecule has 0 aliphatic rings. The smallest absolute Gasteiger partial charge is 0.322 e. The van der Waals surface area contributed by atoms with Crippen molar-refractivity contribution in [2.75, 3.05) is 5.32 Å². The van der Waals surface area contributed by atoms with E-state index in [9.17, 15) is 4.79 Å². The first-order valence-corrected chi connectivity index (χ1v) is 6.84. The van der Waals surface area contributed by atoms with E-state index in [2.05, 4.69) is 25.8 Å². The standard InChI is InChI=1S/C14H16ClN5O/c1-8-9(2)19-20-13(16-8)18-14(21)17-10(3)11-5-4-6-12(15)7-11/h4-7,10H,1-3H3,(H2,16,17,18,20,21)/t10-/m1/s1. The van der Waals surface area contributed by atoms with Crippen LogP contribution < -0.4 is 10.6 Å². The van der Waals surface area contributed by atoms with Crippen LogP contribution >= 0.6 is 11.6 Å². The SMILES string of the molecule is Cc1nnc(NC(=O)N[C@H](C)c2cccc(Cl)c2)nc1C. The van der Waals surface area contributed by atoms with Crippen molar-refractivity contribution in [3.05, 3.63) is 46.2 Å². The zero-order chi connectivity index (χ0) is 15.4.